The van der Waals surface area contributed by atoms with Crippen molar-refractivity contribution in [3.05, 3.63) is 11.3 Å². The first kappa shape index (κ1) is 12.1. The van der Waals surface area contributed by atoms with E-state index in [-0.39, 0.29) is 22.8 Å². The Balaban J connectivity index is 3.24. The number of nitriles is 1. The number of aliphatic hydroxyl groups is 1. The van der Waals surface area contributed by atoms with Gasteiger partial charge in [-0.15, -0.1) is 0 Å². The number of rotatable bonds is 2. The Labute approximate surface area is 92.9 Å². The Bertz CT molecular complexity index is 443. The molecule has 0 heterocycles. The number of allylic oxidation sites excluding steroid dienone is 2. The van der Waals surface area contributed by atoms with Crippen molar-refractivity contribution in [2.45, 2.75) is 20.3 Å². The van der Waals surface area contributed by atoms with Gasteiger partial charge >= 0.3 is 0 Å². The van der Waals surface area contributed by atoms with Crippen LogP contribution in [-0.4, -0.2) is 22.4 Å². The van der Waals surface area contributed by atoms with E-state index >= 15 is 0 Å². The first-order valence-electron chi connectivity index (χ1n) is 4.87. The van der Waals surface area contributed by atoms with Crippen LogP contribution in [0.15, 0.2) is 11.3 Å². The zero-order chi connectivity index (χ0) is 12.5. The number of aliphatic hydroxyl groups excluding tert-OH is 1. The normalized spacial score (nSPS) is 25.6. The van der Waals surface area contributed by atoms with E-state index in [1.807, 2.05) is 0 Å². The lowest BCUT2D eigenvalue weighted by molar-refractivity contribution is -0.124. The standard InChI is InChI=1S/C11H12N2O3/c1-5-9(13)8(7(14)3-4-12)11(16)6(2)10(5)15/h5-6,13,16H,3H2,1-2H3/t5-,6-/m1/s1. The highest BCUT2D eigenvalue weighted by Crippen LogP contribution is 2.28. The van der Waals surface area contributed by atoms with Crippen LogP contribution in [0.3, 0.4) is 0 Å². The molecule has 0 saturated carbocycles. The van der Waals surface area contributed by atoms with E-state index in [1.165, 1.54) is 13.8 Å². The molecule has 1 aliphatic carbocycles. The molecule has 0 amide bonds. The van der Waals surface area contributed by atoms with Gasteiger partial charge in [0.1, 0.15) is 5.76 Å². The molecular formula is C11H12N2O3. The van der Waals surface area contributed by atoms with Gasteiger partial charge in [0, 0.05) is 0 Å². The number of hydrogen-bond donors (Lipinski definition) is 2. The maximum Gasteiger partial charge on any atom is 0.182 e. The molecule has 0 spiro atoms. The van der Waals surface area contributed by atoms with E-state index in [9.17, 15) is 14.7 Å². The largest absolute Gasteiger partial charge is 0.511 e. The molecule has 1 rings (SSSR count). The summed E-state index contributed by atoms with van der Waals surface area (Å²) >= 11 is 0. The van der Waals surface area contributed by atoms with Crippen LogP contribution in [0.1, 0.15) is 20.3 Å². The molecule has 1 aliphatic rings. The third kappa shape index (κ3) is 1.74. The Kier molecular flexibility index (Phi) is 3.23. The highest BCUT2D eigenvalue weighted by molar-refractivity contribution is 6.29. The van der Waals surface area contributed by atoms with Gasteiger partial charge in [-0.25, -0.2) is 0 Å². The number of ketones is 2. The van der Waals surface area contributed by atoms with Crippen molar-refractivity contribution in [1.29, 1.82) is 10.7 Å². The first-order chi connectivity index (χ1) is 7.41. The molecule has 0 unspecified atom stereocenters. The fourth-order valence-electron chi connectivity index (χ4n) is 1.68. The molecule has 0 aromatic carbocycles. The summed E-state index contributed by atoms with van der Waals surface area (Å²) in [5, 5.41) is 25.7. The SMILES string of the molecule is C[C@@H]1C(=N)C(C(=O)CC#N)=C(O)[C@H](C)C1=O. The molecule has 2 atom stereocenters. The summed E-state index contributed by atoms with van der Waals surface area (Å²) in [6.07, 6.45) is -0.393. The molecule has 0 aromatic rings. The number of nitrogens with one attached hydrogen (secondary N) is 1. The minimum Gasteiger partial charge on any atom is -0.511 e. The van der Waals surface area contributed by atoms with Crippen LogP contribution in [0, 0.1) is 28.6 Å². The average Bonchev–Trinajstić information content (AvgIpc) is 2.24. The van der Waals surface area contributed by atoms with E-state index in [0.29, 0.717) is 0 Å². The first-order valence-corrected chi connectivity index (χ1v) is 4.87. The summed E-state index contributed by atoms with van der Waals surface area (Å²) in [6, 6.07) is 1.67. The van der Waals surface area contributed by atoms with Gasteiger partial charge in [0.15, 0.2) is 11.6 Å². The number of hydrogen-bond acceptors (Lipinski definition) is 5. The third-order valence-corrected chi connectivity index (χ3v) is 2.74. The van der Waals surface area contributed by atoms with Crippen molar-refractivity contribution < 1.29 is 14.7 Å². The van der Waals surface area contributed by atoms with Crippen molar-refractivity contribution in [3.63, 3.8) is 0 Å². The number of Topliss-reactive ketones (excluding diaryl/α,β-unsaturated/α-hetero) is 2. The van der Waals surface area contributed by atoms with Crippen LogP contribution in [0.2, 0.25) is 0 Å². The lowest BCUT2D eigenvalue weighted by atomic mass is 9.78. The van der Waals surface area contributed by atoms with E-state index < -0.39 is 24.0 Å². The molecule has 0 radical (unpaired) electrons. The lowest BCUT2D eigenvalue weighted by Gasteiger charge is -2.25. The second-order valence-corrected chi connectivity index (χ2v) is 3.78. The number of nitrogens with zero attached hydrogens (tertiary/aromatic N) is 1. The molecule has 5 heteroatoms. The summed E-state index contributed by atoms with van der Waals surface area (Å²) < 4.78 is 0. The minimum absolute atomic E-state index is 0.166. The second kappa shape index (κ2) is 4.27. The monoisotopic (exact) mass is 220 g/mol. The summed E-state index contributed by atoms with van der Waals surface area (Å²) in [7, 11) is 0. The van der Waals surface area contributed by atoms with E-state index in [1.54, 1.807) is 6.07 Å². The Hall–Kier alpha value is -1.96. The Morgan fingerprint density at radius 2 is 2.06 bits per heavy atom. The molecule has 2 N–H and O–H groups in total. The molecular weight excluding hydrogens is 208 g/mol. The van der Waals surface area contributed by atoms with Gasteiger partial charge in [0.25, 0.3) is 0 Å². The number of carbonyl (C=O) groups is 2. The topological polar surface area (TPSA) is 102 Å². The molecule has 0 saturated heterocycles. The van der Waals surface area contributed by atoms with Crippen molar-refractivity contribution in [2.75, 3.05) is 0 Å². The molecule has 84 valence electrons. The van der Waals surface area contributed by atoms with Crippen LogP contribution in [0.25, 0.3) is 0 Å². The van der Waals surface area contributed by atoms with Gasteiger partial charge in [0.05, 0.1) is 35.6 Å². The number of carbonyl (C=O) groups excluding carboxylic acids is 2. The maximum absolute atomic E-state index is 11.6. The molecule has 5 nitrogen and oxygen atoms in total. The molecule has 0 aromatic heterocycles. The van der Waals surface area contributed by atoms with Gasteiger partial charge in [-0.1, -0.05) is 0 Å². The Morgan fingerprint density at radius 3 is 2.56 bits per heavy atom. The van der Waals surface area contributed by atoms with Gasteiger partial charge in [0.2, 0.25) is 0 Å². The van der Waals surface area contributed by atoms with Crippen molar-refractivity contribution in [3.8, 4) is 6.07 Å². The third-order valence-electron chi connectivity index (χ3n) is 2.74. The van der Waals surface area contributed by atoms with Crippen LogP contribution >= 0.6 is 0 Å². The summed E-state index contributed by atoms with van der Waals surface area (Å²) in [5.41, 5.74) is -0.359. The van der Waals surface area contributed by atoms with Crippen molar-refractivity contribution >= 4 is 17.3 Å². The zero-order valence-corrected chi connectivity index (χ0v) is 9.07. The van der Waals surface area contributed by atoms with E-state index in [2.05, 4.69) is 0 Å². The van der Waals surface area contributed by atoms with Crippen LogP contribution < -0.4 is 0 Å². The molecule has 16 heavy (non-hydrogen) atoms. The summed E-state index contributed by atoms with van der Waals surface area (Å²) in [6.45, 7) is 3.01. The van der Waals surface area contributed by atoms with Gasteiger partial charge < -0.3 is 10.5 Å². The lowest BCUT2D eigenvalue weighted by Crippen LogP contribution is -2.37. The highest BCUT2D eigenvalue weighted by atomic mass is 16.3. The van der Waals surface area contributed by atoms with Crippen LogP contribution in [0.5, 0.6) is 0 Å². The van der Waals surface area contributed by atoms with Crippen molar-refractivity contribution in [2.24, 2.45) is 11.8 Å². The molecule has 0 aliphatic heterocycles. The molecule has 0 fully saturated rings. The summed E-state index contributed by atoms with van der Waals surface area (Å²) in [5.74, 6) is -2.74. The van der Waals surface area contributed by atoms with E-state index in [0.717, 1.165) is 0 Å². The second-order valence-electron chi connectivity index (χ2n) is 3.78. The van der Waals surface area contributed by atoms with Crippen molar-refractivity contribution in [1.82, 2.24) is 0 Å². The Morgan fingerprint density at radius 1 is 1.50 bits per heavy atom. The molecule has 0 bridgehead atoms. The zero-order valence-electron chi connectivity index (χ0n) is 9.07. The summed E-state index contributed by atoms with van der Waals surface area (Å²) in [4.78, 5) is 23.1. The van der Waals surface area contributed by atoms with Crippen LogP contribution in [0.4, 0.5) is 0 Å². The predicted molar refractivity (Wildman–Crippen MR) is 56.0 cm³/mol. The fourth-order valence-corrected chi connectivity index (χ4v) is 1.68. The minimum atomic E-state index is -0.776. The quantitative estimate of drug-likeness (QED) is 0.728. The maximum atomic E-state index is 11.6. The van der Waals surface area contributed by atoms with Gasteiger partial charge in [-0.3, -0.25) is 9.59 Å². The predicted octanol–water partition coefficient (Wildman–Crippen LogP) is 1.16. The van der Waals surface area contributed by atoms with Gasteiger partial charge in [-0.05, 0) is 13.8 Å². The highest BCUT2D eigenvalue weighted by Gasteiger charge is 2.38. The van der Waals surface area contributed by atoms with Crippen LogP contribution in [-0.2, 0) is 9.59 Å². The van der Waals surface area contributed by atoms with Gasteiger partial charge in [-0.2, -0.15) is 5.26 Å². The smallest absolute Gasteiger partial charge is 0.182 e. The van der Waals surface area contributed by atoms with E-state index in [4.69, 9.17) is 10.7 Å². The average molecular weight is 220 g/mol. The fraction of sp³-hybridized carbons (Fsp3) is 0.455.